The Balaban J connectivity index is 1.49. The van der Waals surface area contributed by atoms with Gasteiger partial charge in [0, 0.05) is 17.3 Å². The van der Waals surface area contributed by atoms with Crippen molar-refractivity contribution in [1.82, 2.24) is 14.8 Å². The number of para-hydroxylation sites is 1. The topological polar surface area (TPSA) is 59.8 Å². The number of benzene rings is 3. The Morgan fingerprint density at radius 2 is 1.59 bits per heavy atom. The van der Waals surface area contributed by atoms with E-state index in [1.54, 1.807) is 12.1 Å². The molecule has 7 heteroatoms. The van der Waals surface area contributed by atoms with Crippen LogP contribution in [0.5, 0.6) is 0 Å². The molecule has 0 radical (unpaired) electrons. The number of thioether (sulfide) groups is 1. The van der Waals surface area contributed by atoms with Crippen LogP contribution < -0.4 is 5.32 Å². The first-order valence-electron chi connectivity index (χ1n) is 10.5. The summed E-state index contributed by atoms with van der Waals surface area (Å²) in [5.41, 5.74) is 2.38. The van der Waals surface area contributed by atoms with Crippen LogP contribution in [0.25, 0.3) is 5.69 Å². The van der Waals surface area contributed by atoms with Crippen molar-refractivity contribution in [3.8, 4) is 5.69 Å². The SMILES string of the molecule is O=C(Nc1ccc(F)cc1)[C@@H](Sc1nnc(C2CC2)n1-c1ccccc1)c1ccccc1. The molecular formula is C25H21FN4OS. The van der Waals surface area contributed by atoms with Crippen molar-refractivity contribution in [2.45, 2.75) is 29.2 Å². The average Bonchev–Trinajstić information content (AvgIpc) is 3.59. The lowest BCUT2D eigenvalue weighted by Gasteiger charge is -2.18. The average molecular weight is 445 g/mol. The number of halogens is 1. The van der Waals surface area contributed by atoms with Crippen LogP contribution in [-0.4, -0.2) is 20.7 Å². The van der Waals surface area contributed by atoms with E-state index in [-0.39, 0.29) is 11.7 Å². The molecule has 0 unspecified atom stereocenters. The molecule has 0 spiro atoms. The molecule has 5 rings (SSSR count). The van der Waals surface area contributed by atoms with Gasteiger partial charge in [-0.25, -0.2) is 4.39 Å². The second kappa shape index (κ2) is 8.96. The van der Waals surface area contributed by atoms with Gasteiger partial charge in [-0.2, -0.15) is 0 Å². The zero-order valence-corrected chi connectivity index (χ0v) is 18.0. The summed E-state index contributed by atoms with van der Waals surface area (Å²) < 4.78 is 15.3. The van der Waals surface area contributed by atoms with Gasteiger partial charge in [0.05, 0.1) is 0 Å². The van der Waals surface area contributed by atoms with E-state index in [1.165, 1.54) is 23.9 Å². The molecule has 0 bridgehead atoms. The molecule has 1 amide bonds. The normalized spacial score (nSPS) is 14.2. The Hall–Kier alpha value is -3.45. The Bertz CT molecular complexity index is 1210. The van der Waals surface area contributed by atoms with Gasteiger partial charge in [-0.1, -0.05) is 60.3 Å². The number of hydrogen-bond acceptors (Lipinski definition) is 4. The van der Waals surface area contributed by atoms with Crippen LogP contribution in [0.4, 0.5) is 10.1 Å². The van der Waals surface area contributed by atoms with E-state index in [9.17, 15) is 9.18 Å². The molecule has 1 N–H and O–H groups in total. The van der Waals surface area contributed by atoms with Crippen molar-refractivity contribution in [3.63, 3.8) is 0 Å². The lowest BCUT2D eigenvalue weighted by Crippen LogP contribution is -2.19. The maximum absolute atomic E-state index is 13.3. The molecule has 1 saturated carbocycles. The number of aromatic nitrogens is 3. The van der Waals surface area contributed by atoms with Crippen LogP contribution >= 0.6 is 11.8 Å². The van der Waals surface area contributed by atoms with Gasteiger partial charge in [-0.15, -0.1) is 10.2 Å². The molecule has 1 aromatic heterocycles. The highest BCUT2D eigenvalue weighted by atomic mass is 32.2. The number of amides is 1. The van der Waals surface area contributed by atoms with E-state index in [1.807, 2.05) is 60.7 Å². The van der Waals surface area contributed by atoms with Crippen LogP contribution in [0.2, 0.25) is 0 Å². The number of nitrogens with zero attached hydrogens (tertiary/aromatic N) is 3. The van der Waals surface area contributed by atoms with Gasteiger partial charge < -0.3 is 5.32 Å². The minimum Gasteiger partial charge on any atom is -0.325 e. The summed E-state index contributed by atoms with van der Waals surface area (Å²) in [5, 5.41) is 12.0. The molecule has 3 aromatic carbocycles. The zero-order chi connectivity index (χ0) is 21.9. The molecule has 1 aliphatic carbocycles. The Morgan fingerprint density at radius 3 is 2.25 bits per heavy atom. The number of nitrogens with one attached hydrogen (secondary N) is 1. The van der Waals surface area contributed by atoms with E-state index in [0.29, 0.717) is 16.8 Å². The van der Waals surface area contributed by atoms with Crippen molar-refractivity contribution in [2.75, 3.05) is 5.32 Å². The molecule has 1 fully saturated rings. The smallest absolute Gasteiger partial charge is 0.242 e. The van der Waals surface area contributed by atoms with E-state index in [4.69, 9.17) is 0 Å². The molecule has 1 heterocycles. The van der Waals surface area contributed by atoms with Crippen molar-refractivity contribution in [1.29, 1.82) is 0 Å². The molecule has 4 aromatic rings. The molecule has 0 aliphatic heterocycles. The molecular weight excluding hydrogens is 423 g/mol. The zero-order valence-electron chi connectivity index (χ0n) is 17.2. The number of hydrogen-bond donors (Lipinski definition) is 1. The minimum absolute atomic E-state index is 0.205. The van der Waals surface area contributed by atoms with E-state index in [0.717, 1.165) is 29.9 Å². The van der Waals surface area contributed by atoms with Gasteiger partial charge in [0.15, 0.2) is 5.16 Å². The second-order valence-corrected chi connectivity index (χ2v) is 8.76. The van der Waals surface area contributed by atoms with Gasteiger partial charge in [0.2, 0.25) is 5.91 Å². The molecule has 5 nitrogen and oxygen atoms in total. The largest absolute Gasteiger partial charge is 0.325 e. The fraction of sp³-hybridized carbons (Fsp3) is 0.160. The second-order valence-electron chi connectivity index (χ2n) is 7.69. The number of carbonyl (C=O) groups is 1. The third-order valence-electron chi connectivity index (χ3n) is 5.29. The maximum atomic E-state index is 13.3. The van der Waals surface area contributed by atoms with E-state index < -0.39 is 5.25 Å². The third kappa shape index (κ3) is 4.43. The van der Waals surface area contributed by atoms with Crippen LogP contribution in [0, 0.1) is 5.82 Å². The summed E-state index contributed by atoms with van der Waals surface area (Å²) in [4.78, 5) is 13.3. The van der Waals surface area contributed by atoms with Crippen LogP contribution in [0.1, 0.15) is 35.4 Å². The van der Waals surface area contributed by atoms with Gasteiger partial charge in [0.25, 0.3) is 0 Å². The predicted octanol–water partition coefficient (Wildman–Crippen LogP) is 5.76. The van der Waals surface area contributed by atoms with Gasteiger partial charge in [-0.05, 0) is 54.8 Å². The van der Waals surface area contributed by atoms with Crippen molar-refractivity contribution >= 4 is 23.4 Å². The lowest BCUT2D eigenvalue weighted by atomic mass is 10.1. The maximum Gasteiger partial charge on any atom is 0.242 e. The van der Waals surface area contributed by atoms with Crippen molar-refractivity contribution in [3.05, 3.63) is 102 Å². The quantitative estimate of drug-likeness (QED) is 0.369. The number of anilines is 1. The van der Waals surface area contributed by atoms with Crippen LogP contribution in [0.3, 0.4) is 0 Å². The molecule has 0 saturated heterocycles. The minimum atomic E-state index is -0.556. The third-order valence-corrected chi connectivity index (χ3v) is 6.49. The van der Waals surface area contributed by atoms with E-state index in [2.05, 4.69) is 20.1 Å². The molecule has 1 atom stereocenters. The summed E-state index contributed by atoms with van der Waals surface area (Å²) in [7, 11) is 0. The summed E-state index contributed by atoms with van der Waals surface area (Å²) >= 11 is 1.36. The van der Waals surface area contributed by atoms with Crippen molar-refractivity contribution in [2.24, 2.45) is 0 Å². The number of rotatable bonds is 7. The van der Waals surface area contributed by atoms with Crippen molar-refractivity contribution < 1.29 is 9.18 Å². The summed E-state index contributed by atoms with van der Waals surface area (Å²) in [6, 6.07) is 25.3. The van der Waals surface area contributed by atoms with Gasteiger partial charge in [0.1, 0.15) is 16.9 Å². The standard InChI is InChI=1S/C25H21FN4OS/c26-19-13-15-20(16-14-19)27-24(31)22(17-7-3-1-4-8-17)32-25-29-28-23(18-11-12-18)30(25)21-9-5-2-6-10-21/h1-10,13-16,18,22H,11-12H2,(H,27,31)/t22-/m0/s1. The molecule has 160 valence electrons. The summed E-state index contributed by atoms with van der Waals surface area (Å²) in [6.45, 7) is 0. The van der Waals surface area contributed by atoms with Gasteiger partial charge >= 0.3 is 0 Å². The fourth-order valence-electron chi connectivity index (χ4n) is 3.53. The van der Waals surface area contributed by atoms with E-state index >= 15 is 0 Å². The number of carbonyl (C=O) groups excluding carboxylic acids is 1. The molecule has 1 aliphatic rings. The fourth-order valence-corrected chi connectivity index (χ4v) is 4.59. The first-order valence-corrected chi connectivity index (χ1v) is 11.4. The molecule has 32 heavy (non-hydrogen) atoms. The Morgan fingerprint density at radius 1 is 0.938 bits per heavy atom. The highest BCUT2D eigenvalue weighted by Crippen LogP contribution is 2.43. The highest BCUT2D eigenvalue weighted by molar-refractivity contribution is 8.00. The summed E-state index contributed by atoms with van der Waals surface area (Å²) in [6.07, 6.45) is 2.20. The Labute approximate surface area is 189 Å². The highest BCUT2D eigenvalue weighted by Gasteiger charge is 2.33. The van der Waals surface area contributed by atoms with Crippen LogP contribution in [0.15, 0.2) is 90.1 Å². The monoisotopic (exact) mass is 444 g/mol. The van der Waals surface area contributed by atoms with Gasteiger partial charge in [-0.3, -0.25) is 9.36 Å². The summed E-state index contributed by atoms with van der Waals surface area (Å²) in [5.74, 6) is 0.786. The lowest BCUT2D eigenvalue weighted by molar-refractivity contribution is -0.115. The Kier molecular flexibility index (Phi) is 5.73. The first kappa shape index (κ1) is 20.5. The first-order chi connectivity index (χ1) is 15.7. The predicted molar refractivity (Wildman–Crippen MR) is 123 cm³/mol. The van der Waals surface area contributed by atoms with Crippen LogP contribution in [-0.2, 0) is 4.79 Å².